The Labute approximate surface area is 207 Å². The van der Waals surface area contributed by atoms with E-state index < -0.39 is 6.03 Å². The van der Waals surface area contributed by atoms with Crippen molar-refractivity contribution in [1.82, 2.24) is 10.3 Å². The number of nitrogens with one attached hydrogen (secondary N) is 3. The number of rotatable bonds is 8. The highest BCUT2D eigenvalue weighted by molar-refractivity contribution is 5.99. The van der Waals surface area contributed by atoms with Crippen LogP contribution in [-0.4, -0.2) is 24.0 Å². The van der Waals surface area contributed by atoms with E-state index in [9.17, 15) is 14.0 Å². The van der Waals surface area contributed by atoms with Gasteiger partial charge in [0.1, 0.15) is 35.4 Å². The van der Waals surface area contributed by atoms with Crippen LogP contribution in [0.2, 0.25) is 0 Å². The van der Waals surface area contributed by atoms with Gasteiger partial charge in [-0.1, -0.05) is 24.3 Å². The first-order valence-electron chi connectivity index (χ1n) is 11.0. The number of pyridine rings is 1. The molecule has 8 nitrogen and oxygen atoms in total. The first kappa shape index (κ1) is 24.2. The normalized spacial score (nSPS) is 10.3. The van der Waals surface area contributed by atoms with Gasteiger partial charge in [0.2, 0.25) is 0 Å². The largest absolute Gasteiger partial charge is 0.489 e. The standard InChI is InChI=1S/C27H23FN4O4/c1-29-26(33)25-16-23(13-14-30-25)36-21-11-9-19(10-12-21)31-27(34)32-20-6-4-7-22(15-20)35-17-18-5-2-3-8-24(18)28/h2-16H,17H2,1H3,(H,29,33)(H2,31,32,34). The number of anilines is 2. The summed E-state index contributed by atoms with van der Waals surface area (Å²) in [6, 6.07) is 22.7. The van der Waals surface area contributed by atoms with Crippen molar-refractivity contribution in [2.45, 2.75) is 6.61 Å². The van der Waals surface area contributed by atoms with E-state index in [1.807, 2.05) is 0 Å². The van der Waals surface area contributed by atoms with Crippen molar-refractivity contribution in [2.75, 3.05) is 17.7 Å². The maximum atomic E-state index is 13.8. The maximum Gasteiger partial charge on any atom is 0.323 e. The Morgan fingerprint density at radius 2 is 1.61 bits per heavy atom. The average molecular weight is 487 g/mol. The highest BCUT2D eigenvalue weighted by Gasteiger charge is 2.08. The highest BCUT2D eigenvalue weighted by Crippen LogP contribution is 2.24. The first-order valence-corrected chi connectivity index (χ1v) is 11.0. The molecule has 9 heteroatoms. The third-order valence-corrected chi connectivity index (χ3v) is 4.98. The van der Waals surface area contributed by atoms with Gasteiger partial charge in [0.15, 0.2) is 0 Å². The van der Waals surface area contributed by atoms with Crippen LogP contribution in [0.15, 0.2) is 91.1 Å². The van der Waals surface area contributed by atoms with Crippen LogP contribution in [0.1, 0.15) is 16.1 Å². The number of halogens is 1. The van der Waals surface area contributed by atoms with Crippen molar-refractivity contribution in [3.8, 4) is 17.2 Å². The number of carbonyl (C=O) groups is 2. The molecule has 0 radical (unpaired) electrons. The van der Waals surface area contributed by atoms with Crippen molar-refractivity contribution >= 4 is 23.3 Å². The van der Waals surface area contributed by atoms with Crippen molar-refractivity contribution in [3.05, 3.63) is 108 Å². The maximum absolute atomic E-state index is 13.8. The molecule has 1 heterocycles. The molecule has 0 aliphatic rings. The Balaban J connectivity index is 1.31. The molecule has 3 N–H and O–H groups in total. The molecule has 0 fully saturated rings. The van der Waals surface area contributed by atoms with Crippen molar-refractivity contribution < 1.29 is 23.5 Å². The zero-order valence-corrected chi connectivity index (χ0v) is 19.3. The van der Waals surface area contributed by atoms with Gasteiger partial charge in [0, 0.05) is 42.3 Å². The SMILES string of the molecule is CNC(=O)c1cc(Oc2ccc(NC(=O)Nc3cccc(OCc4ccccc4F)c3)cc2)ccn1. The van der Waals surface area contributed by atoms with Crippen molar-refractivity contribution in [1.29, 1.82) is 0 Å². The monoisotopic (exact) mass is 486 g/mol. The molecule has 36 heavy (non-hydrogen) atoms. The van der Waals surface area contributed by atoms with Gasteiger partial charge in [-0.15, -0.1) is 0 Å². The molecule has 1 aromatic heterocycles. The summed E-state index contributed by atoms with van der Waals surface area (Å²) in [4.78, 5) is 28.2. The Hall–Kier alpha value is -4.92. The van der Waals surface area contributed by atoms with Gasteiger partial charge in [-0.25, -0.2) is 9.18 Å². The molecule has 3 aromatic carbocycles. The number of ether oxygens (including phenoxy) is 2. The van der Waals surface area contributed by atoms with Gasteiger partial charge in [0.05, 0.1) is 0 Å². The fraction of sp³-hybridized carbons (Fsp3) is 0.0741. The number of amides is 3. The lowest BCUT2D eigenvalue weighted by molar-refractivity contribution is 0.0957. The number of benzene rings is 3. The number of hydrogen-bond donors (Lipinski definition) is 3. The Morgan fingerprint density at radius 3 is 2.39 bits per heavy atom. The van der Waals surface area contributed by atoms with E-state index in [-0.39, 0.29) is 24.0 Å². The van der Waals surface area contributed by atoms with Crippen LogP contribution in [0.3, 0.4) is 0 Å². The number of carbonyl (C=O) groups excluding carboxylic acids is 2. The van der Waals surface area contributed by atoms with E-state index in [4.69, 9.17) is 9.47 Å². The number of hydrogen-bond acceptors (Lipinski definition) is 5. The molecular weight excluding hydrogens is 463 g/mol. The Kier molecular flexibility index (Phi) is 7.72. The van der Waals surface area contributed by atoms with Gasteiger partial charge >= 0.3 is 6.03 Å². The summed E-state index contributed by atoms with van der Waals surface area (Å²) < 4.78 is 25.2. The fourth-order valence-electron chi connectivity index (χ4n) is 3.20. The predicted octanol–water partition coefficient (Wildman–Crippen LogP) is 5.60. The molecule has 4 rings (SSSR count). The lowest BCUT2D eigenvalue weighted by Crippen LogP contribution is -2.19. The molecule has 0 atom stereocenters. The van der Waals surface area contributed by atoms with Crippen LogP contribution >= 0.6 is 0 Å². The predicted molar refractivity (Wildman–Crippen MR) is 134 cm³/mol. The fourth-order valence-corrected chi connectivity index (χ4v) is 3.20. The van der Waals surface area contributed by atoms with Crippen molar-refractivity contribution in [2.24, 2.45) is 0 Å². The van der Waals surface area contributed by atoms with E-state index in [0.717, 1.165) is 0 Å². The summed E-state index contributed by atoms with van der Waals surface area (Å²) in [7, 11) is 1.53. The number of aromatic nitrogens is 1. The second-order valence-electron chi connectivity index (χ2n) is 7.57. The van der Waals surface area contributed by atoms with Gasteiger partial charge in [-0.05, 0) is 48.5 Å². The van der Waals surface area contributed by atoms with Crippen LogP contribution in [0.5, 0.6) is 17.2 Å². The summed E-state index contributed by atoms with van der Waals surface area (Å²) in [6.07, 6.45) is 1.49. The van der Waals surface area contributed by atoms with Crippen LogP contribution in [0, 0.1) is 5.82 Å². The van der Waals surface area contributed by atoms with E-state index in [0.29, 0.717) is 34.2 Å². The highest BCUT2D eigenvalue weighted by atomic mass is 19.1. The molecule has 4 aromatic rings. The van der Waals surface area contributed by atoms with E-state index in [1.165, 1.54) is 25.4 Å². The first-order chi connectivity index (χ1) is 17.5. The molecule has 0 spiro atoms. The van der Waals surface area contributed by atoms with Crippen LogP contribution in [0.25, 0.3) is 0 Å². The third-order valence-electron chi connectivity index (χ3n) is 4.98. The minimum absolute atomic E-state index is 0.0728. The summed E-state index contributed by atoms with van der Waals surface area (Å²) in [5, 5.41) is 7.99. The zero-order valence-electron chi connectivity index (χ0n) is 19.3. The second kappa shape index (κ2) is 11.5. The topological polar surface area (TPSA) is 102 Å². The van der Waals surface area contributed by atoms with Crippen molar-refractivity contribution in [3.63, 3.8) is 0 Å². The van der Waals surface area contributed by atoms with Crippen LogP contribution in [-0.2, 0) is 6.61 Å². The number of nitrogens with zero attached hydrogens (tertiary/aromatic N) is 1. The van der Waals surface area contributed by atoms with Gasteiger partial charge in [0.25, 0.3) is 5.91 Å². The lowest BCUT2D eigenvalue weighted by Gasteiger charge is -2.11. The van der Waals surface area contributed by atoms with Crippen LogP contribution in [0.4, 0.5) is 20.6 Å². The summed E-state index contributed by atoms with van der Waals surface area (Å²) in [5.74, 6) is 0.826. The summed E-state index contributed by atoms with van der Waals surface area (Å²) in [5.41, 5.74) is 1.75. The molecule has 0 aliphatic heterocycles. The van der Waals surface area contributed by atoms with Gasteiger partial charge in [-0.2, -0.15) is 0 Å². The summed E-state index contributed by atoms with van der Waals surface area (Å²) >= 11 is 0. The van der Waals surface area contributed by atoms with E-state index >= 15 is 0 Å². The third kappa shape index (κ3) is 6.57. The number of urea groups is 1. The van der Waals surface area contributed by atoms with Crippen LogP contribution < -0.4 is 25.4 Å². The Morgan fingerprint density at radius 1 is 0.833 bits per heavy atom. The smallest absolute Gasteiger partial charge is 0.323 e. The van der Waals surface area contributed by atoms with E-state index in [1.54, 1.807) is 72.8 Å². The second-order valence-corrected chi connectivity index (χ2v) is 7.57. The molecule has 0 saturated heterocycles. The van der Waals surface area contributed by atoms with Gasteiger partial charge in [-0.3, -0.25) is 9.78 Å². The molecular formula is C27H23FN4O4. The zero-order chi connectivity index (χ0) is 25.3. The molecule has 3 amide bonds. The summed E-state index contributed by atoms with van der Waals surface area (Å²) in [6.45, 7) is 0.0728. The average Bonchev–Trinajstić information content (AvgIpc) is 2.89. The molecule has 182 valence electrons. The minimum Gasteiger partial charge on any atom is -0.489 e. The molecule has 0 unspecified atom stereocenters. The quantitative estimate of drug-likeness (QED) is 0.301. The minimum atomic E-state index is -0.445. The Bertz CT molecular complexity index is 1360. The van der Waals surface area contributed by atoms with Gasteiger partial charge < -0.3 is 25.4 Å². The molecule has 0 bridgehead atoms. The van der Waals surface area contributed by atoms with E-state index in [2.05, 4.69) is 20.9 Å². The molecule has 0 saturated carbocycles. The lowest BCUT2D eigenvalue weighted by atomic mass is 10.2. The molecule has 0 aliphatic carbocycles.